The molecule has 3 rings (SSSR count). The fourth-order valence-corrected chi connectivity index (χ4v) is 2.94. The lowest BCUT2D eigenvalue weighted by atomic mass is 10.2. The van der Waals surface area contributed by atoms with Crippen LogP contribution in [0.5, 0.6) is 0 Å². The summed E-state index contributed by atoms with van der Waals surface area (Å²) >= 11 is 3.29. The van der Waals surface area contributed by atoms with Crippen LogP contribution in [0.2, 0.25) is 0 Å². The number of aromatic nitrogens is 2. The first-order chi connectivity index (χ1) is 11.9. The molecular formula is C16H15BrFN3O4. The number of benzene rings is 1. The maximum absolute atomic E-state index is 13.5. The molecule has 0 unspecified atom stereocenters. The van der Waals surface area contributed by atoms with Crippen molar-refractivity contribution in [3.8, 4) is 0 Å². The van der Waals surface area contributed by atoms with Gasteiger partial charge in [0.15, 0.2) is 11.6 Å². The van der Waals surface area contributed by atoms with Crippen molar-refractivity contribution in [1.29, 1.82) is 0 Å². The van der Waals surface area contributed by atoms with Crippen LogP contribution in [0.3, 0.4) is 0 Å². The summed E-state index contributed by atoms with van der Waals surface area (Å²) in [5, 5.41) is 0. The first-order valence-corrected chi connectivity index (χ1v) is 8.35. The molecule has 1 saturated heterocycles. The van der Waals surface area contributed by atoms with E-state index in [1.807, 2.05) is 0 Å². The van der Waals surface area contributed by atoms with E-state index in [1.165, 1.54) is 0 Å². The molecule has 1 aliphatic rings. The van der Waals surface area contributed by atoms with E-state index in [2.05, 4.69) is 20.9 Å². The van der Waals surface area contributed by atoms with E-state index in [0.717, 1.165) is 15.2 Å². The molecule has 0 bridgehead atoms. The van der Waals surface area contributed by atoms with Crippen LogP contribution in [-0.2, 0) is 9.47 Å². The zero-order chi connectivity index (χ0) is 18.0. The van der Waals surface area contributed by atoms with Gasteiger partial charge in [0.1, 0.15) is 12.8 Å². The molecule has 2 N–H and O–H groups in total. The minimum Gasteiger partial charge on any atom is -0.459 e. The quantitative estimate of drug-likeness (QED) is 0.775. The third-order valence-electron chi connectivity index (χ3n) is 3.79. The number of esters is 1. The van der Waals surface area contributed by atoms with Crippen molar-refractivity contribution in [3.05, 3.63) is 56.8 Å². The van der Waals surface area contributed by atoms with Crippen molar-refractivity contribution >= 4 is 27.7 Å². The molecule has 7 nitrogen and oxygen atoms in total. The second-order valence-electron chi connectivity index (χ2n) is 5.56. The summed E-state index contributed by atoms with van der Waals surface area (Å²) in [5.74, 6) is -1.70. The molecule has 1 aliphatic heterocycles. The maximum atomic E-state index is 13.5. The lowest BCUT2D eigenvalue weighted by Gasteiger charge is -2.16. The van der Waals surface area contributed by atoms with Gasteiger partial charge in [-0.2, -0.15) is 4.98 Å². The average molecular weight is 412 g/mol. The van der Waals surface area contributed by atoms with Crippen LogP contribution < -0.4 is 11.4 Å². The van der Waals surface area contributed by atoms with E-state index < -0.39 is 29.5 Å². The molecule has 9 heteroatoms. The van der Waals surface area contributed by atoms with Gasteiger partial charge in [0, 0.05) is 4.47 Å². The van der Waals surface area contributed by atoms with Gasteiger partial charge in [-0.05, 0) is 31.0 Å². The Morgan fingerprint density at radius 2 is 2.28 bits per heavy atom. The van der Waals surface area contributed by atoms with Gasteiger partial charge in [0.2, 0.25) is 0 Å². The lowest BCUT2D eigenvalue weighted by Crippen LogP contribution is -2.29. The predicted molar refractivity (Wildman–Crippen MR) is 90.4 cm³/mol. The molecule has 0 radical (unpaired) electrons. The number of hydrogen-bond donors (Lipinski definition) is 1. The van der Waals surface area contributed by atoms with Crippen LogP contribution in [0.15, 0.2) is 39.7 Å². The number of carbonyl (C=O) groups is 1. The van der Waals surface area contributed by atoms with Gasteiger partial charge in [0.25, 0.3) is 0 Å². The third-order valence-corrected chi connectivity index (χ3v) is 4.28. The summed E-state index contributed by atoms with van der Waals surface area (Å²) in [6.07, 6.45) is 0.975. The molecule has 0 aliphatic carbocycles. The van der Waals surface area contributed by atoms with E-state index in [1.54, 1.807) is 24.3 Å². The van der Waals surface area contributed by atoms with Crippen molar-refractivity contribution < 1.29 is 18.7 Å². The summed E-state index contributed by atoms with van der Waals surface area (Å²) in [6.45, 7) is 0.0431. The highest BCUT2D eigenvalue weighted by Crippen LogP contribution is 2.27. The highest BCUT2D eigenvalue weighted by Gasteiger charge is 2.29. The number of nitrogens with two attached hydrogens (primary N) is 1. The van der Waals surface area contributed by atoms with Crippen molar-refractivity contribution in [2.24, 2.45) is 0 Å². The molecule has 0 saturated carbocycles. The molecular weight excluding hydrogens is 397 g/mol. The number of nitrogens with zero attached hydrogens (tertiary/aromatic N) is 2. The van der Waals surface area contributed by atoms with Crippen molar-refractivity contribution in [2.45, 2.75) is 25.2 Å². The zero-order valence-electron chi connectivity index (χ0n) is 13.0. The van der Waals surface area contributed by atoms with Crippen molar-refractivity contribution in [1.82, 2.24) is 9.55 Å². The van der Waals surface area contributed by atoms with Crippen LogP contribution in [0.4, 0.5) is 10.2 Å². The molecule has 2 atom stereocenters. The van der Waals surface area contributed by atoms with Gasteiger partial charge in [-0.15, -0.1) is 0 Å². The second kappa shape index (κ2) is 7.32. The zero-order valence-corrected chi connectivity index (χ0v) is 14.6. The highest BCUT2D eigenvalue weighted by molar-refractivity contribution is 9.10. The number of rotatable bonds is 4. The lowest BCUT2D eigenvalue weighted by molar-refractivity contribution is -0.0342. The first-order valence-electron chi connectivity index (χ1n) is 7.56. The van der Waals surface area contributed by atoms with Crippen molar-refractivity contribution in [2.75, 3.05) is 12.3 Å². The summed E-state index contributed by atoms with van der Waals surface area (Å²) < 4.78 is 26.2. The number of hydrogen-bond acceptors (Lipinski definition) is 6. The molecule has 1 fully saturated rings. The van der Waals surface area contributed by atoms with Crippen molar-refractivity contribution in [3.63, 3.8) is 0 Å². The monoisotopic (exact) mass is 411 g/mol. The molecule has 1 aromatic heterocycles. The average Bonchev–Trinajstić information content (AvgIpc) is 3.04. The van der Waals surface area contributed by atoms with Gasteiger partial charge >= 0.3 is 11.7 Å². The van der Waals surface area contributed by atoms with E-state index in [4.69, 9.17) is 15.2 Å². The maximum Gasteiger partial charge on any atom is 0.351 e. The Kier molecular flexibility index (Phi) is 5.14. The standard InChI is InChI=1S/C16H15BrFN3O4/c17-10-3-1-2-9(6-10)15(22)24-8-11-4-5-13(25-11)21-7-12(18)14(19)20-16(21)23/h1-3,6-7,11,13H,4-5,8H2,(H2,19,20,23)/t11-,13+/m0/s1. The summed E-state index contributed by atoms with van der Waals surface area (Å²) in [6, 6.07) is 6.84. The van der Waals surface area contributed by atoms with E-state index in [0.29, 0.717) is 18.4 Å². The summed E-state index contributed by atoms with van der Waals surface area (Å²) in [5.41, 5.74) is 5.00. The Morgan fingerprint density at radius 1 is 1.48 bits per heavy atom. The van der Waals surface area contributed by atoms with Crippen LogP contribution in [-0.4, -0.2) is 28.2 Å². The molecule has 2 aromatic rings. The number of anilines is 1. The number of nitrogen functional groups attached to an aromatic ring is 1. The highest BCUT2D eigenvalue weighted by atomic mass is 79.9. The third kappa shape index (κ3) is 4.05. The first kappa shape index (κ1) is 17.6. The van der Waals surface area contributed by atoms with Crippen LogP contribution >= 0.6 is 15.9 Å². The normalized spacial score (nSPS) is 19.8. The minimum absolute atomic E-state index is 0.0431. The van der Waals surface area contributed by atoms with Gasteiger partial charge in [-0.1, -0.05) is 22.0 Å². The van der Waals surface area contributed by atoms with Crippen LogP contribution in [0.25, 0.3) is 0 Å². The summed E-state index contributed by atoms with van der Waals surface area (Å²) in [7, 11) is 0. The number of halogens is 2. The second-order valence-corrected chi connectivity index (χ2v) is 6.48. The molecule has 2 heterocycles. The number of ether oxygens (including phenoxy) is 2. The van der Waals surface area contributed by atoms with E-state index in [9.17, 15) is 14.0 Å². The Balaban J connectivity index is 1.59. The smallest absolute Gasteiger partial charge is 0.351 e. The topological polar surface area (TPSA) is 96.4 Å². The van der Waals surface area contributed by atoms with E-state index in [-0.39, 0.29) is 12.7 Å². The SMILES string of the molecule is Nc1nc(=O)n([C@H]2CC[C@@H](COC(=O)c3cccc(Br)c3)O2)cc1F. The largest absolute Gasteiger partial charge is 0.459 e. The fourth-order valence-electron chi connectivity index (χ4n) is 2.55. The Hall–Kier alpha value is -2.26. The molecule has 132 valence electrons. The number of carbonyl (C=O) groups excluding carboxylic acids is 1. The van der Waals surface area contributed by atoms with Gasteiger partial charge in [0.05, 0.1) is 17.9 Å². The van der Waals surface area contributed by atoms with Gasteiger partial charge in [-0.3, -0.25) is 4.57 Å². The van der Waals surface area contributed by atoms with E-state index >= 15 is 0 Å². The van der Waals surface area contributed by atoms with Gasteiger partial charge in [-0.25, -0.2) is 14.0 Å². The molecule has 25 heavy (non-hydrogen) atoms. The predicted octanol–water partition coefficient (Wildman–Crippen LogP) is 2.26. The van der Waals surface area contributed by atoms with Crippen LogP contribution in [0.1, 0.15) is 29.4 Å². The Morgan fingerprint density at radius 3 is 3.04 bits per heavy atom. The van der Waals surface area contributed by atoms with Gasteiger partial charge < -0.3 is 15.2 Å². The Labute approximate surface area is 150 Å². The summed E-state index contributed by atoms with van der Waals surface area (Å²) in [4.78, 5) is 27.2. The molecule has 0 amide bonds. The molecule has 1 aromatic carbocycles. The fraction of sp³-hybridized carbons (Fsp3) is 0.312. The molecule has 0 spiro atoms. The van der Waals surface area contributed by atoms with Crippen LogP contribution in [0, 0.1) is 5.82 Å². The Bertz CT molecular complexity index is 858. The minimum atomic E-state index is -0.785.